The number of carbonyl (C=O) groups is 1. The molecule has 8 nitrogen and oxygen atoms in total. The molecule has 0 bridgehead atoms. The molecule has 8 heteroatoms. The number of ether oxygens (including phenoxy) is 7. The number of Topliss-reactive ketones (excluding diaryl/α,β-unsaturated/α-hetero) is 1. The van der Waals surface area contributed by atoms with Gasteiger partial charge in [0.05, 0.1) is 27.2 Å². The Balaban J connectivity index is 1.99. The van der Waals surface area contributed by atoms with Gasteiger partial charge in [-0.1, -0.05) is 0 Å². The van der Waals surface area contributed by atoms with Crippen molar-refractivity contribution < 1.29 is 38.0 Å². The summed E-state index contributed by atoms with van der Waals surface area (Å²) in [6.45, 7) is 3.43. The van der Waals surface area contributed by atoms with E-state index in [1.54, 1.807) is 34.3 Å². The number of benzene rings is 2. The molecule has 0 fully saturated rings. The van der Waals surface area contributed by atoms with Crippen LogP contribution in [0.2, 0.25) is 0 Å². The molecule has 0 spiro atoms. The van der Waals surface area contributed by atoms with Crippen LogP contribution in [0.1, 0.15) is 30.9 Å². The summed E-state index contributed by atoms with van der Waals surface area (Å²) in [7, 11) is 6.18. The summed E-state index contributed by atoms with van der Waals surface area (Å²) in [5, 5.41) is 0. The van der Waals surface area contributed by atoms with E-state index in [0.29, 0.717) is 34.5 Å². The first-order chi connectivity index (χ1) is 14.9. The van der Waals surface area contributed by atoms with Crippen molar-refractivity contribution in [2.24, 2.45) is 5.92 Å². The van der Waals surface area contributed by atoms with Gasteiger partial charge in [-0.2, -0.15) is 0 Å². The van der Waals surface area contributed by atoms with Crippen LogP contribution in [0.15, 0.2) is 24.3 Å². The number of ketones is 1. The molecule has 2 aromatic rings. The zero-order chi connectivity index (χ0) is 22.3. The first-order valence-electron chi connectivity index (χ1n) is 9.84. The molecule has 0 saturated heterocycles. The van der Waals surface area contributed by atoms with Crippen molar-refractivity contribution in [2.75, 3.05) is 35.2 Å². The van der Waals surface area contributed by atoms with Gasteiger partial charge < -0.3 is 33.2 Å². The van der Waals surface area contributed by atoms with E-state index in [2.05, 4.69) is 0 Å². The van der Waals surface area contributed by atoms with E-state index in [1.807, 2.05) is 18.2 Å². The summed E-state index contributed by atoms with van der Waals surface area (Å²) in [6, 6.07) is 7.32. The highest BCUT2D eigenvalue weighted by molar-refractivity contribution is 5.82. The fourth-order valence-corrected chi connectivity index (χ4v) is 4.46. The van der Waals surface area contributed by atoms with Crippen molar-refractivity contribution in [1.82, 2.24) is 0 Å². The topological polar surface area (TPSA) is 81.7 Å². The highest BCUT2D eigenvalue weighted by Crippen LogP contribution is 2.54. The third kappa shape index (κ3) is 3.31. The lowest BCUT2D eigenvalue weighted by molar-refractivity contribution is -0.199. The Morgan fingerprint density at radius 2 is 1.55 bits per heavy atom. The molecule has 0 saturated carbocycles. The second kappa shape index (κ2) is 7.85. The Labute approximate surface area is 180 Å². The highest BCUT2D eigenvalue weighted by Gasteiger charge is 2.51. The van der Waals surface area contributed by atoms with Crippen molar-refractivity contribution in [3.8, 4) is 34.5 Å². The zero-order valence-electron chi connectivity index (χ0n) is 18.4. The van der Waals surface area contributed by atoms with Crippen LogP contribution in [-0.2, 0) is 9.53 Å². The van der Waals surface area contributed by atoms with Gasteiger partial charge in [-0.05, 0) is 30.7 Å². The maximum atomic E-state index is 12.9. The lowest BCUT2D eigenvalue weighted by Gasteiger charge is -2.44. The van der Waals surface area contributed by atoms with Gasteiger partial charge in [0.25, 0.3) is 0 Å². The van der Waals surface area contributed by atoms with Gasteiger partial charge in [-0.15, -0.1) is 0 Å². The van der Waals surface area contributed by atoms with E-state index in [4.69, 9.17) is 33.2 Å². The predicted octanol–water partition coefficient (Wildman–Crippen LogP) is 3.53. The Kier molecular flexibility index (Phi) is 5.35. The minimum atomic E-state index is -1.20. The van der Waals surface area contributed by atoms with Gasteiger partial charge in [0.15, 0.2) is 23.0 Å². The summed E-state index contributed by atoms with van der Waals surface area (Å²) >= 11 is 0. The summed E-state index contributed by atoms with van der Waals surface area (Å²) in [5.74, 6) is 0.862. The SMILES string of the molecule is COc1cc([C@H]2c3cc4c(cc3O[C@@](C)(OC)[C@H]2C(C)=O)OCO4)cc(OC)c1OC. The smallest absolute Gasteiger partial charge is 0.231 e. The summed E-state index contributed by atoms with van der Waals surface area (Å²) in [5.41, 5.74) is 1.58. The van der Waals surface area contributed by atoms with Crippen LogP contribution in [0, 0.1) is 5.92 Å². The van der Waals surface area contributed by atoms with E-state index in [1.165, 1.54) is 14.0 Å². The molecule has 0 amide bonds. The minimum Gasteiger partial charge on any atom is -0.493 e. The summed E-state index contributed by atoms with van der Waals surface area (Å²) < 4.78 is 39.6. The van der Waals surface area contributed by atoms with Crippen molar-refractivity contribution in [3.63, 3.8) is 0 Å². The predicted molar refractivity (Wildman–Crippen MR) is 111 cm³/mol. The standard InChI is InChI=1S/C23H26O8/c1-12(24)21-20(13-7-18(25-3)22(27-5)19(8-13)26-4)14-9-16-17(30-11-29-16)10-15(14)31-23(21,2)28-6/h7-10,20-21H,11H2,1-6H3/t20-,21-,23+/m0/s1. The molecule has 2 aliphatic rings. The monoisotopic (exact) mass is 430 g/mol. The molecular formula is C23H26O8. The van der Waals surface area contributed by atoms with Crippen LogP contribution in [0.25, 0.3) is 0 Å². The van der Waals surface area contributed by atoms with Gasteiger partial charge >= 0.3 is 0 Å². The van der Waals surface area contributed by atoms with Gasteiger partial charge in [0.2, 0.25) is 18.3 Å². The lowest BCUT2D eigenvalue weighted by Crippen LogP contribution is -2.51. The molecule has 0 aliphatic carbocycles. The van der Waals surface area contributed by atoms with Gasteiger partial charge in [0, 0.05) is 31.6 Å². The largest absolute Gasteiger partial charge is 0.493 e. The van der Waals surface area contributed by atoms with E-state index in [-0.39, 0.29) is 12.6 Å². The molecule has 2 heterocycles. The number of hydrogen-bond acceptors (Lipinski definition) is 8. The third-order valence-corrected chi connectivity index (χ3v) is 5.94. The number of rotatable bonds is 6. The van der Waals surface area contributed by atoms with Crippen molar-refractivity contribution in [2.45, 2.75) is 25.6 Å². The molecule has 3 atom stereocenters. The molecule has 4 rings (SSSR count). The lowest BCUT2D eigenvalue weighted by atomic mass is 9.72. The van der Waals surface area contributed by atoms with Gasteiger partial charge in [-0.25, -0.2) is 0 Å². The Morgan fingerprint density at radius 3 is 2.06 bits per heavy atom. The number of hydrogen-bond donors (Lipinski definition) is 0. The molecule has 166 valence electrons. The van der Waals surface area contributed by atoms with Crippen LogP contribution in [0.3, 0.4) is 0 Å². The quantitative estimate of drug-likeness (QED) is 0.689. The Morgan fingerprint density at radius 1 is 0.935 bits per heavy atom. The average Bonchev–Trinajstić information content (AvgIpc) is 3.22. The van der Waals surface area contributed by atoms with E-state index >= 15 is 0 Å². The maximum absolute atomic E-state index is 12.9. The number of methoxy groups -OCH3 is 4. The Bertz CT molecular complexity index is 992. The fourth-order valence-electron chi connectivity index (χ4n) is 4.46. The molecule has 0 N–H and O–H groups in total. The van der Waals surface area contributed by atoms with E-state index in [0.717, 1.165) is 11.1 Å². The van der Waals surface area contributed by atoms with Crippen LogP contribution >= 0.6 is 0 Å². The van der Waals surface area contributed by atoms with Crippen molar-refractivity contribution in [3.05, 3.63) is 35.4 Å². The Hall–Kier alpha value is -3.13. The van der Waals surface area contributed by atoms with Crippen molar-refractivity contribution in [1.29, 1.82) is 0 Å². The van der Waals surface area contributed by atoms with Gasteiger partial charge in [-0.3, -0.25) is 4.79 Å². The molecular weight excluding hydrogens is 404 g/mol. The third-order valence-electron chi connectivity index (χ3n) is 5.94. The molecule has 0 aromatic heterocycles. The molecule has 0 unspecified atom stereocenters. The van der Waals surface area contributed by atoms with Crippen LogP contribution in [-0.4, -0.2) is 46.8 Å². The fraction of sp³-hybridized carbons (Fsp3) is 0.435. The molecule has 31 heavy (non-hydrogen) atoms. The molecule has 2 aromatic carbocycles. The second-order valence-corrected chi connectivity index (χ2v) is 7.59. The number of fused-ring (bicyclic) bond motifs is 2. The first-order valence-corrected chi connectivity index (χ1v) is 9.84. The molecule has 0 radical (unpaired) electrons. The van der Waals surface area contributed by atoms with Crippen LogP contribution < -0.4 is 28.4 Å². The normalized spacial score (nSPS) is 23.5. The maximum Gasteiger partial charge on any atom is 0.231 e. The van der Waals surface area contributed by atoms with E-state index < -0.39 is 17.6 Å². The number of carbonyl (C=O) groups excluding carboxylic acids is 1. The van der Waals surface area contributed by atoms with Gasteiger partial charge in [0.1, 0.15) is 11.5 Å². The van der Waals surface area contributed by atoms with Crippen molar-refractivity contribution >= 4 is 5.78 Å². The summed E-state index contributed by atoms with van der Waals surface area (Å²) in [4.78, 5) is 12.9. The zero-order valence-corrected chi connectivity index (χ0v) is 18.4. The minimum absolute atomic E-state index is 0.0774. The second-order valence-electron chi connectivity index (χ2n) is 7.59. The van der Waals surface area contributed by atoms with Crippen LogP contribution in [0.5, 0.6) is 34.5 Å². The summed E-state index contributed by atoms with van der Waals surface area (Å²) in [6.07, 6.45) is 0. The van der Waals surface area contributed by atoms with E-state index in [9.17, 15) is 4.79 Å². The first kappa shape index (κ1) is 21.1. The molecule has 2 aliphatic heterocycles. The van der Waals surface area contributed by atoms with Crippen LogP contribution in [0.4, 0.5) is 0 Å². The average molecular weight is 430 g/mol. The highest BCUT2D eigenvalue weighted by atomic mass is 16.7.